The van der Waals surface area contributed by atoms with Crippen LogP contribution in [0.25, 0.3) is 0 Å². The molecule has 0 radical (unpaired) electrons. The standard InChI is InChI=1S/C36H48N4O3/c1-26(2)17-20-40(25-33(41)42)34(43)31-24-37-35(39-21-18-29(19-22-39)23-28-9-7-6-8-10-28)38-32(31)16-13-27-11-14-30(15-12-27)36(3,4)5/h6-12,14-15,24,26,29H,13,16-23,25H2,1-5H3,(H,41,42). The van der Waals surface area contributed by atoms with E-state index >= 15 is 0 Å². The summed E-state index contributed by atoms with van der Waals surface area (Å²) in [7, 11) is 0. The minimum absolute atomic E-state index is 0.0812. The van der Waals surface area contributed by atoms with Gasteiger partial charge in [-0.3, -0.25) is 9.59 Å². The Morgan fingerprint density at radius 2 is 1.65 bits per heavy atom. The molecule has 1 amide bonds. The molecule has 2 aromatic carbocycles. The molecule has 0 unspecified atom stereocenters. The first kappa shape index (κ1) is 32.2. The number of piperidine rings is 1. The lowest BCUT2D eigenvalue weighted by molar-refractivity contribution is -0.137. The third-order valence-electron chi connectivity index (χ3n) is 8.41. The first-order chi connectivity index (χ1) is 20.5. The number of carboxylic acid groups (broad SMARTS) is 1. The molecule has 1 fully saturated rings. The van der Waals surface area contributed by atoms with Gasteiger partial charge in [-0.25, -0.2) is 9.97 Å². The van der Waals surface area contributed by atoms with E-state index in [2.05, 4.69) is 99.1 Å². The van der Waals surface area contributed by atoms with Gasteiger partial charge in [0.2, 0.25) is 5.95 Å². The quantitative estimate of drug-likeness (QED) is 0.258. The first-order valence-electron chi connectivity index (χ1n) is 15.7. The molecule has 1 aliphatic heterocycles. The van der Waals surface area contributed by atoms with Crippen molar-refractivity contribution in [2.24, 2.45) is 11.8 Å². The summed E-state index contributed by atoms with van der Waals surface area (Å²) in [5.74, 6) is 0.297. The largest absolute Gasteiger partial charge is 0.480 e. The van der Waals surface area contributed by atoms with Crippen molar-refractivity contribution < 1.29 is 14.7 Å². The Hall–Kier alpha value is -3.74. The van der Waals surface area contributed by atoms with E-state index in [0.29, 0.717) is 42.0 Å². The summed E-state index contributed by atoms with van der Waals surface area (Å²) in [6.07, 6.45) is 6.87. The van der Waals surface area contributed by atoms with Gasteiger partial charge in [-0.05, 0) is 72.5 Å². The van der Waals surface area contributed by atoms with Crippen LogP contribution < -0.4 is 4.90 Å². The van der Waals surface area contributed by atoms with Crippen molar-refractivity contribution in [3.8, 4) is 0 Å². The predicted molar refractivity (Wildman–Crippen MR) is 173 cm³/mol. The maximum atomic E-state index is 13.8. The van der Waals surface area contributed by atoms with E-state index in [1.54, 1.807) is 6.20 Å². The van der Waals surface area contributed by atoms with Crippen molar-refractivity contribution in [3.05, 3.63) is 88.7 Å². The van der Waals surface area contributed by atoms with E-state index in [0.717, 1.165) is 45.2 Å². The number of aliphatic carboxylic acids is 1. The minimum Gasteiger partial charge on any atom is -0.480 e. The third-order valence-corrected chi connectivity index (χ3v) is 8.41. The highest BCUT2D eigenvalue weighted by molar-refractivity contribution is 5.96. The number of rotatable bonds is 12. The lowest BCUT2D eigenvalue weighted by Gasteiger charge is -2.32. The van der Waals surface area contributed by atoms with Crippen molar-refractivity contribution in [2.75, 3.05) is 31.1 Å². The summed E-state index contributed by atoms with van der Waals surface area (Å²) in [4.78, 5) is 38.7. The molecule has 3 aromatic rings. The minimum atomic E-state index is -1.02. The molecule has 1 N–H and O–H groups in total. The van der Waals surface area contributed by atoms with E-state index in [9.17, 15) is 14.7 Å². The molecule has 7 heteroatoms. The first-order valence-corrected chi connectivity index (χ1v) is 15.7. The zero-order valence-corrected chi connectivity index (χ0v) is 26.6. The Labute approximate surface area is 257 Å². The summed E-state index contributed by atoms with van der Waals surface area (Å²) in [6, 6.07) is 19.3. The maximum absolute atomic E-state index is 13.8. The highest BCUT2D eigenvalue weighted by Gasteiger charge is 2.26. The van der Waals surface area contributed by atoms with Gasteiger partial charge in [-0.15, -0.1) is 0 Å². The van der Waals surface area contributed by atoms with E-state index in [1.807, 2.05) is 0 Å². The summed E-state index contributed by atoms with van der Waals surface area (Å²) in [6.45, 7) is 12.5. The van der Waals surface area contributed by atoms with Gasteiger partial charge in [0.25, 0.3) is 5.91 Å². The Morgan fingerprint density at radius 1 is 0.977 bits per heavy atom. The van der Waals surface area contributed by atoms with Gasteiger partial charge in [0.05, 0.1) is 11.3 Å². The zero-order valence-electron chi connectivity index (χ0n) is 26.6. The van der Waals surface area contributed by atoms with Crippen molar-refractivity contribution in [1.29, 1.82) is 0 Å². The molecule has 0 atom stereocenters. The highest BCUT2D eigenvalue weighted by Crippen LogP contribution is 2.26. The number of nitrogens with zero attached hydrogens (tertiary/aromatic N) is 4. The van der Waals surface area contributed by atoms with Crippen LogP contribution in [-0.4, -0.2) is 58.0 Å². The normalized spacial score (nSPS) is 14.2. The van der Waals surface area contributed by atoms with Crippen LogP contribution >= 0.6 is 0 Å². The van der Waals surface area contributed by atoms with Crippen molar-refractivity contribution in [3.63, 3.8) is 0 Å². The van der Waals surface area contributed by atoms with Gasteiger partial charge >= 0.3 is 5.97 Å². The fourth-order valence-electron chi connectivity index (χ4n) is 5.65. The SMILES string of the molecule is CC(C)CCN(CC(=O)O)C(=O)c1cnc(N2CCC(Cc3ccccc3)CC2)nc1CCc1ccc(C(C)(C)C)cc1. The molecule has 230 valence electrons. The topological polar surface area (TPSA) is 86.6 Å². The van der Waals surface area contributed by atoms with Gasteiger partial charge in [0.15, 0.2) is 0 Å². The Kier molecular flexibility index (Phi) is 10.9. The monoisotopic (exact) mass is 584 g/mol. The summed E-state index contributed by atoms with van der Waals surface area (Å²) < 4.78 is 0. The lowest BCUT2D eigenvalue weighted by atomic mass is 9.86. The van der Waals surface area contributed by atoms with Crippen LogP contribution in [0.4, 0.5) is 5.95 Å². The lowest BCUT2D eigenvalue weighted by Crippen LogP contribution is -2.38. The molecule has 1 aliphatic rings. The average molecular weight is 585 g/mol. The van der Waals surface area contributed by atoms with Gasteiger partial charge in [-0.2, -0.15) is 0 Å². The van der Waals surface area contributed by atoms with Gasteiger partial charge in [0.1, 0.15) is 6.54 Å². The number of amides is 1. The van der Waals surface area contributed by atoms with Gasteiger partial charge < -0.3 is 14.9 Å². The van der Waals surface area contributed by atoms with Gasteiger partial charge in [-0.1, -0.05) is 89.2 Å². The number of carbonyl (C=O) groups excluding carboxylic acids is 1. The molecule has 0 saturated carbocycles. The van der Waals surface area contributed by atoms with Crippen molar-refractivity contribution >= 4 is 17.8 Å². The van der Waals surface area contributed by atoms with E-state index in [1.165, 1.54) is 21.6 Å². The van der Waals surface area contributed by atoms with Crippen LogP contribution in [0.15, 0.2) is 60.8 Å². The van der Waals surface area contributed by atoms with Crippen molar-refractivity contribution in [2.45, 2.75) is 78.6 Å². The van der Waals surface area contributed by atoms with Crippen LogP contribution in [0.1, 0.15) is 86.6 Å². The van der Waals surface area contributed by atoms with Crippen LogP contribution in [-0.2, 0) is 29.5 Å². The number of hydrogen-bond acceptors (Lipinski definition) is 5. The average Bonchev–Trinajstić information content (AvgIpc) is 2.98. The molecule has 0 bridgehead atoms. The molecule has 1 aromatic heterocycles. The number of aromatic nitrogens is 2. The summed E-state index contributed by atoms with van der Waals surface area (Å²) >= 11 is 0. The predicted octanol–water partition coefficient (Wildman–Crippen LogP) is 6.59. The van der Waals surface area contributed by atoms with Crippen LogP contribution in [0.2, 0.25) is 0 Å². The van der Waals surface area contributed by atoms with E-state index < -0.39 is 5.97 Å². The fraction of sp³-hybridized carbons (Fsp3) is 0.500. The molecule has 1 saturated heterocycles. The molecule has 7 nitrogen and oxygen atoms in total. The summed E-state index contributed by atoms with van der Waals surface area (Å²) in [5.41, 5.74) is 5.00. The molecule has 2 heterocycles. The van der Waals surface area contributed by atoms with Crippen LogP contribution in [0, 0.1) is 11.8 Å². The highest BCUT2D eigenvalue weighted by atomic mass is 16.4. The number of carboxylic acids is 1. The molecule has 43 heavy (non-hydrogen) atoms. The molecule has 4 rings (SSSR count). The zero-order chi connectivity index (χ0) is 31.0. The smallest absolute Gasteiger partial charge is 0.323 e. The Bertz CT molecular complexity index is 1340. The number of benzene rings is 2. The number of anilines is 1. The summed E-state index contributed by atoms with van der Waals surface area (Å²) in [5, 5.41) is 9.54. The number of hydrogen-bond donors (Lipinski definition) is 1. The van der Waals surface area contributed by atoms with E-state index in [-0.39, 0.29) is 17.9 Å². The molecule has 0 aliphatic carbocycles. The molecular weight excluding hydrogens is 536 g/mol. The Morgan fingerprint density at radius 3 is 2.26 bits per heavy atom. The van der Waals surface area contributed by atoms with Crippen LogP contribution in [0.5, 0.6) is 0 Å². The second-order valence-electron chi connectivity index (χ2n) is 13.4. The van der Waals surface area contributed by atoms with Crippen LogP contribution in [0.3, 0.4) is 0 Å². The number of aryl methyl sites for hydroxylation is 2. The second kappa shape index (κ2) is 14.6. The van der Waals surface area contributed by atoms with Crippen molar-refractivity contribution in [1.82, 2.24) is 14.9 Å². The molecule has 0 spiro atoms. The fourth-order valence-corrected chi connectivity index (χ4v) is 5.65. The number of carbonyl (C=O) groups is 2. The third kappa shape index (κ3) is 9.37. The van der Waals surface area contributed by atoms with Gasteiger partial charge in [0, 0.05) is 25.8 Å². The Balaban J connectivity index is 1.54. The van der Waals surface area contributed by atoms with E-state index in [4.69, 9.17) is 4.98 Å². The molecular formula is C36H48N4O3. The maximum Gasteiger partial charge on any atom is 0.323 e. The second-order valence-corrected chi connectivity index (χ2v) is 13.4.